The summed E-state index contributed by atoms with van der Waals surface area (Å²) in [6.07, 6.45) is 0. The molecule has 21 heavy (non-hydrogen) atoms. The first-order valence-corrected chi connectivity index (χ1v) is 7.23. The van der Waals surface area contributed by atoms with E-state index in [0.29, 0.717) is 24.5 Å². The molecule has 0 bridgehead atoms. The molecule has 0 aliphatic carbocycles. The normalized spacial score (nSPS) is 18.9. The Kier molecular flexibility index (Phi) is 4.25. The van der Waals surface area contributed by atoms with E-state index in [1.54, 1.807) is 11.8 Å². The summed E-state index contributed by atoms with van der Waals surface area (Å²) in [5.41, 5.74) is 2.52. The SMILES string of the molecule is Cc1nc(C)c(C(=O)N2CCNC(=O)C2C(C)C)nc1C. The van der Waals surface area contributed by atoms with Gasteiger partial charge in [-0.05, 0) is 26.7 Å². The van der Waals surface area contributed by atoms with Crippen LogP contribution in [-0.4, -0.2) is 45.8 Å². The summed E-state index contributed by atoms with van der Waals surface area (Å²) < 4.78 is 0. The molecule has 6 heteroatoms. The third-order valence-electron chi connectivity index (χ3n) is 3.83. The average molecular weight is 290 g/mol. The molecule has 0 radical (unpaired) electrons. The van der Waals surface area contributed by atoms with Crippen molar-refractivity contribution in [1.29, 1.82) is 0 Å². The zero-order chi connectivity index (χ0) is 15.7. The molecule has 1 N–H and O–H groups in total. The summed E-state index contributed by atoms with van der Waals surface area (Å²) in [5.74, 6) is -0.259. The van der Waals surface area contributed by atoms with Crippen molar-refractivity contribution in [1.82, 2.24) is 20.2 Å². The Bertz CT molecular complexity index is 583. The van der Waals surface area contributed by atoms with Gasteiger partial charge >= 0.3 is 0 Å². The smallest absolute Gasteiger partial charge is 0.275 e. The Morgan fingerprint density at radius 1 is 1.19 bits per heavy atom. The van der Waals surface area contributed by atoms with E-state index >= 15 is 0 Å². The number of piperazine rings is 1. The number of carbonyl (C=O) groups excluding carboxylic acids is 2. The first-order valence-electron chi connectivity index (χ1n) is 7.23. The fourth-order valence-corrected chi connectivity index (χ4v) is 2.63. The van der Waals surface area contributed by atoms with Crippen molar-refractivity contribution < 1.29 is 9.59 Å². The lowest BCUT2D eigenvalue weighted by atomic mass is 9.99. The highest BCUT2D eigenvalue weighted by molar-refractivity contribution is 5.97. The molecule has 1 aliphatic heterocycles. The van der Waals surface area contributed by atoms with E-state index < -0.39 is 6.04 Å². The lowest BCUT2D eigenvalue weighted by Gasteiger charge is -2.37. The van der Waals surface area contributed by atoms with Gasteiger partial charge in [-0.15, -0.1) is 0 Å². The quantitative estimate of drug-likeness (QED) is 0.881. The second kappa shape index (κ2) is 5.79. The van der Waals surface area contributed by atoms with Crippen LogP contribution in [0.4, 0.5) is 0 Å². The highest BCUT2D eigenvalue weighted by Gasteiger charge is 2.36. The summed E-state index contributed by atoms with van der Waals surface area (Å²) >= 11 is 0. The first kappa shape index (κ1) is 15.4. The highest BCUT2D eigenvalue weighted by Crippen LogP contribution is 2.18. The van der Waals surface area contributed by atoms with Crippen LogP contribution in [0.5, 0.6) is 0 Å². The van der Waals surface area contributed by atoms with Crippen LogP contribution in [0.2, 0.25) is 0 Å². The zero-order valence-electron chi connectivity index (χ0n) is 13.2. The average Bonchev–Trinajstić information content (AvgIpc) is 2.41. The van der Waals surface area contributed by atoms with E-state index in [2.05, 4.69) is 15.3 Å². The predicted molar refractivity (Wildman–Crippen MR) is 78.9 cm³/mol. The van der Waals surface area contributed by atoms with Crippen molar-refractivity contribution in [2.75, 3.05) is 13.1 Å². The van der Waals surface area contributed by atoms with Crippen molar-refractivity contribution >= 4 is 11.8 Å². The molecular formula is C15H22N4O2. The number of carbonyl (C=O) groups is 2. The molecule has 2 heterocycles. The number of amides is 2. The number of rotatable bonds is 2. The zero-order valence-corrected chi connectivity index (χ0v) is 13.2. The van der Waals surface area contributed by atoms with Crippen LogP contribution in [0.1, 0.15) is 41.4 Å². The van der Waals surface area contributed by atoms with Crippen molar-refractivity contribution in [3.63, 3.8) is 0 Å². The van der Waals surface area contributed by atoms with Crippen LogP contribution in [0.3, 0.4) is 0 Å². The number of nitrogens with one attached hydrogen (secondary N) is 1. The standard InChI is InChI=1S/C15H22N4O2/c1-8(2)13-14(20)16-6-7-19(13)15(21)12-11(5)17-9(3)10(4)18-12/h8,13H,6-7H2,1-5H3,(H,16,20). The molecule has 1 saturated heterocycles. The van der Waals surface area contributed by atoms with Crippen LogP contribution in [0, 0.1) is 26.7 Å². The molecule has 1 unspecified atom stereocenters. The van der Waals surface area contributed by atoms with Gasteiger partial charge in [-0.1, -0.05) is 13.8 Å². The maximum atomic E-state index is 12.8. The number of hydrogen-bond donors (Lipinski definition) is 1. The van der Waals surface area contributed by atoms with Crippen LogP contribution >= 0.6 is 0 Å². The Morgan fingerprint density at radius 2 is 1.81 bits per heavy atom. The largest absolute Gasteiger partial charge is 0.353 e. The monoisotopic (exact) mass is 290 g/mol. The summed E-state index contributed by atoms with van der Waals surface area (Å²) in [7, 11) is 0. The van der Waals surface area contributed by atoms with Crippen LogP contribution in [0.25, 0.3) is 0 Å². The van der Waals surface area contributed by atoms with Gasteiger partial charge in [0.05, 0.1) is 17.1 Å². The minimum atomic E-state index is -0.450. The van der Waals surface area contributed by atoms with Crippen LogP contribution in [0.15, 0.2) is 0 Å². The van der Waals surface area contributed by atoms with Crippen molar-refractivity contribution in [3.8, 4) is 0 Å². The molecule has 1 fully saturated rings. The van der Waals surface area contributed by atoms with Gasteiger partial charge in [-0.3, -0.25) is 14.6 Å². The Balaban J connectivity index is 2.38. The summed E-state index contributed by atoms with van der Waals surface area (Å²) in [5, 5.41) is 2.82. The second-order valence-electron chi connectivity index (χ2n) is 5.81. The molecule has 2 amide bonds. The number of aromatic nitrogens is 2. The topological polar surface area (TPSA) is 75.2 Å². The Labute approximate surface area is 125 Å². The third kappa shape index (κ3) is 2.89. The van der Waals surface area contributed by atoms with Gasteiger partial charge in [0, 0.05) is 13.1 Å². The van der Waals surface area contributed by atoms with E-state index in [0.717, 1.165) is 11.4 Å². The minimum absolute atomic E-state index is 0.0501. The summed E-state index contributed by atoms with van der Waals surface area (Å²) in [6.45, 7) is 10.3. The van der Waals surface area contributed by atoms with Gasteiger partial charge in [0.2, 0.25) is 5.91 Å². The maximum absolute atomic E-state index is 12.8. The number of hydrogen-bond acceptors (Lipinski definition) is 4. The lowest BCUT2D eigenvalue weighted by molar-refractivity contribution is -0.129. The lowest BCUT2D eigenvalue weighted by Crippen LogP contribution is -2.59. The highest BCUT2D eigenvalue weighted by atomic mass is 16.2. The molecule has 0 spiro atoms. The third-order valence-corrected chi connectivity index (χ3v) is 3.83. The van der Waals surface area contributed by atoms with Crippen LogP contribution in [-0.2, 0) is 4.79 Å². The van der Waals surface area contributed by atoms with E-state index in [1.165, 1.54) is 0 Å². The minimum Gasteiger partial charge on any atom is -0.353 e. The number of nitrogens with zero attached hydrogens (tertiary/aromatic N) is 3. The molecule has 1 atom stereocenters. The molecule has 6 nitrogen and oxygen atoms in total. The van der Waals surface area contributed by atoms with Crippen molar-refractivity contribution in [2.24, 2.45) is 5.92 Å². The van der Waals surface area contributed by atoms with Crippen LogP contribution < -0.4 is 5.32 Å². The van der Waals surface area contributed by atoms with Crippen molar-refractivity contribution in [2.45, 2.75) is 40.7 Å². The van der Waals surface area contributed by atoms with Gasteiger partial charge in [0.15, 0.2) is 0 Å². The molecule has 2 rings (SSSR count). The van der Waals surface area contributed by atoms with E-state index in [1.807, 2.05) is 27.7 Å². The second-order valence-corrected chi connectivity index (χ2v) is 5.81. The summed E-state index contributed by atoms with van der Waals surface area (Å²) in [4.78, 5) is 35.2. The van der Waals surface area contributed by atoms with Gasteiger partial charge in [0.1, 0.15) is 11.7 Å². The summed E-state index contributed by atoms with van der Waals surface area (Å²) in [6, 6.07) is -0.450. The molecule has 1 aromatic rings. The Hall–Kier alpha value is -1.98. The van der Waals surface area contributed by atoms with E-state index in [-0.39, 0.29) is 17.7 Å². The first-order chi connectivity index (χ1) is 9.82. The van der Waals surface area contributed by atoms with Gasteiger partial charge in [-0.25, -0.2) is 4.98 Å². The molecule has 0 aromatic carbocycles. The molecular weight excluding hydrogens is 268 g/mol. The Morgan fingerprint density at radius 3 is 2.43 bits per heavy atom. The van der Waals surface area contributed by atoms with Crippen molar-refractivity contribution in [3.05, 3.63) is 22.8 Å². The molecule has 0 saturated carbocycles. The fraction of sp³-hybridized carbons (Fsp3) is 0.600. The van der Waals surface area contributed by atoms with E-state index in [4.69, 9.17) is 0 Å². The van der Waals surface area contributed by atoms with Gasteiger partial charge in [0.25, 0.3) is 5.91 Å². The van der Waals surface area contributed by atoms with E-state index in [9.17, 15) is 9.59 Å². The molecule has 1 aliphatic rings. The number of aryl methyl sites for hydroxylation is 3. The maximum Gasteiger partial charge on any atom is 0.275 e. The van der Waals surface area contributed by atoms with Gasteiger partial charge < -0.3 is 10.2 Å². The fourth-order valence-electron chi connectivity index (χ4n) is 2.63. The van der Waals surface area contributed by atoms with Gasteiger partial charge in [-0.2, -0.15) is 0 Å². The molecule has 1 aromatic heterocycles. The molecule has 114 valence electrons. The predicted octanol–water partition coefficient (Wildman–Crippen LogP) is 0.998.